The number of fused-ring (bicyclic) bond motifs is 1. The summed E-state index contributed by atoms with van der Waals surface area (Å²) in [5.41, 5.74) is 3.95. The number of carbonyl (C=O) groups excluding carboxylic acids is 2. The number of imide groups is 1. The van der Waals surface area contributed by atoms with E-state index in [1.807, 2.05) is 54.6 Å². The lowest BCUT2D eigenvalue weighted by molar-refractivity contribution is 0.0639. The third-order valence-corrected chi connectivity index (χ3v) is 4.69. The molecular weight excluding hydrogens is 338 g/mol. The molecule has 0 saturated carbocycles. The Morgan fingerprint density at radius 3 is 1.85 bits per heavy atom. The summed E-state index contributed by atoms with van der Waals surface area (Å²) in [4.78, 5) is 26.5. The van der Waals surface area contributed by atoms with Crippen molar-refractivity contribution >= 4 is 11.8 Å². The zero-order valence-corrected chi connectivity index (χ0v) is 14.8. The van der Waals surface area contributed by atoms with Gasteiger partial charge in [0.05, 0.1) is 30.9 Å². The predicted molar refractivity (Wildman–Crippen MR) is 102 cm³/mol. The Morgan fingerprint density at radius 2 is 1.19 bits per heavy atom. The first-order valence-corrected chi connectivity index (χ1v) is 8.88. The first kappa shape index (κ1) is 17.2. The summed E-state index contributed by atoms with van der Waals surface area (Å²) < 4.78 is 5.84. The van der Waals surface area contributed by atoms with Crippen molar-refractivity contribution in [3.05, 3.63) is 107 Å². The molecule has 2 amide bonds. The summed E-state index contributed by atoms with van der Waals surface area (Å²) in [6, 6.07) is 24.7. The summed E-state index contributed by atoms with van der Waals surface area (Å²) in [6.45, 7) is 1.19. The number of nitrogens with zero attached hydrogens (tertiary/aromatic N) is 1. The maximum atomic E-state index is 12.6. The molecule has 27 heavy (non-hydrogen) atoms. The van der Waals surface area contributed by atoms with Crippen LogP contribution in [-0.4, -0.2) is 16.7 Å². The molecule has 0 aliphatic carbocycles. The molecule has 3 aromatic carbocycles. The van der Waals surface area contributed by atoms with Gasteiger partial charge in [-0.1, -0.05) is 66.7 Å². The fraction of sp³-hybridized carbons (Fsp3) is 0.130. The quantitative estimate of drug-likeness (QED) is 0.621. The number of carbonyl (C=O) groups is 2. The van der Waals surface area contributed by atoms with Gasteiger partial charge in [0.1, 0.15) is 0 Å². The minimum absolute atomic E-state index is 0.240. The lowest BCUT2D eigenvalue weighted by atomic mass is 10.1. The molecule has 1 aliphatic heterocycles. The van der Waals surface area contributed by atoms with Crippen LogP contribution in [0.2, 0.25) is 0 Å². The van der Waals surface area contributed by atoms with E-state index in [0.717, 1.165) is 16.7 Å². The minimum atomic E-state index is -0.240. The van der Waals surface area contributed by atoms with Crippen LogP contribution in [-0.2, 0) is 24.5 Å². The molecule has 4 rings (SSSR count). The monoisotopic (exact) mass is 357 g/mol. The molecule has 0 atom stereocenters. The number of benzene rings is 3. The largest absolute Gasteiger partial charge is 0.372 e. The Hall–Kier alpha value is -3.24. The van der Waals surface area contributed by atoms with Gasteiger partial charge in [0.2, 0.25) is 0 Å². The van der Waals surface area contributed by atoms with Gasteiger partial charge in [-0.05, 0) is 28.8 Å². The Morgan fingerprint density at radius 1 is 0.630 bits per heavy atom. The zero-order chi connectivity index (χ0) is 18.6. The molecule has 1 heterocycles. The highest BCUT2D eigenvalue weighted by Crippen LogP contribution is 2.25. The van der Waals surface area contributed by atoms with Crippen LogP contribution in [0.1, 0.15) is 37.4 Å². The highest BCUT2D eigenvalue weighted by molar-refractivity contribution is 6.21. The van der Waals surface area contributed by atoms with Crippen LogP contribution >= 0.6 is 0 Å². The fourth-order valence-electron chi connectivity index (χ4n) is 3.26. The molecule has 0 N–H and O–H groups in total. The molecule has 134 valence electrons. The SMILES string of the molecule is O=C1c2ccccc2C(=O)N1Cc1ccccc1COCc1ccccc1. The Kier molecular flexibility index (Phi) is 4.81. The number of rotatable bonds is 6. The van der Waals surface area contributed by atoms with Gasteiger partial charge in [0, 0.05) is 0 Å². The van der Waals surface area contributed by atoms with Crippen molar-refractivity contribution in [1.29, 1.82) is 0 Å². The number of ether oxygens (including phenoxy) is 1. The molecule has 0 aromatic heterocycles. The summed E-state index contributed by atoms with van der Waals surface area (Å²) in [7, 11) is 0. The molecule has 0 fully saturated rings. The van der Waals surface area contributed by atoms with Crippen LogP contribution in [0.5, 0.6) is 0 Å². The maximum Gasteiger partial charge on any atom is 0.261 e. The highest BCUT2D eigenvalue weighted by atomic mass is 16.5. The summed E-state index contributed by atoms with van der Waals surface area (Å²) in [5, 5.41) is 0. The molecule has 0 unspecified atom stereocenters. The Bertz CT molecular complexity index is 947. The smallest absolute Gasteiger partial charge is 0.261 e. The van der Waals surface area contributed by atoms with E-state index in [0.29, 0.717) is 24.3 Å². The van der Waals surface area contributed by atoms with Crippen LogP contribution in [0.15, 0.2) is 78.9 Å². The molecule has 4 nitrogen and oxygen atoms in total. The Labute approximate surface area is 158 Å². The zero-order valence-electron chi connectivity index (χ0n) is 14.8. The van der Waals surface area contributed by atoms with Crippen molar-refractivity contribution < 1.29 is 14.3 Å². The maximum absolute atomic E-state index is 12.6. The van der Waals surface area contributed by atoms with Crippen LogP contribution in [0, 0.1) is 0 Å². The van der Waals surface area contributed by atoms with E-state index >= 15 is 0 Å². The van der Waals surface area contributed by atoms with Gasteiger partial charge >= 0.3 is 0 Å². The topological polar surface area (TPSA) is 46.6 Å². The third kappa shape index (κ3) is 3.52. The average molecular weight is 357 g/mol. The van der Waals surface area contributed by atoms with Crippen LogP contribution in [0.25, 0.3) is 0 Å². The van der Waals surface area contributed by atoms with Crippen LogP contribution in [0.3, 0.4) is 0 Å². The molecule has 0 saturated heterocycles. The van der Waals surface area contributed by atoms with Gasteiger partial charge in [0.15, 0.2) is 0 Å². The fourth-order valence-corrected chi connectivity index (χ4v) is 3.26. The van der Waals surface area contributed by atoms with E-state index in [1.165, 1.54) is 4.90 Å². The van der Waals surface area contributed by atoms with Gasteiger partial charge in [-0.25, -0.2) is 0 Å². The summed E-state index contributed by atoms with van der Waals surface area (Å²) >= 11 is 0. The van der Waals surface area contributed by atoms with Crippen molar-refractivity contribution in [2.24, 2.45) is 0 Å². The molecule has 0 bridgehead atoms. The van der Waals surface area contributed by atoms with Crippen LogP contribution < -0.4 is 0 Å². The van der Waals surface area contributed by atoms with E-state index in [4.69, 9.17) is 4.74 Å². The van der Waals surface area contributed by atoms with E-state index in [1.54, 1.807) is 24.3 Å². The number of hydrogen-bond acceptors (Lipinski definition) is 3. The molecular formula is C23H19NO3. The van der Waals surface area contributed by atoms with Crippen molar-refractivity contribution in [2.45, 2.75) is 19.8 Å². The molecule has 0 radical (unpaired) electrons. The molecule has 4 heteroatoms. The second kappa shape index (κ2) is 7.56. The van der Waals surface area contributed by atoms with Crippen molar-refractivity contribution in [2.75, 3.05) is 0 Å². The molecule has 3 aromatic rings. The lowest BCUT2D eigenvalue weighted by Gasteiger charge is -2.17. The van der Waals surface area contributed by atoms with E-state index in [9.17, 15) is 9.59 Å². The minimum Gasteiger partial charge on any atom is -0.372 e. The first-order chi connectivity index (χ1) is 13.2. The van der Waals surface area contributed by atoms with Gasteiger partial charge in [-0.15, -0.1) is 0 Å². The van der Waals surface area contributed by atoms with E-state index < -0.39 is 0 Å². The van der Waals surface area contributed by atoms with Crippen molar-refractivity contribution in [3.8, 4) is 0 Å². The average Bonchev–Trinajstić information content (AvgIpc) is 2.95. The second-order valence-electron chi connectivity index (χ2n) is 6.49. The summed E-state index contributed by atoms with van der Waals surface area (Å²) in [6.07, 6.45) is 0. The lowest BCUT2D eigenvalue weighted by Crippen LogP contribution is -2.29. The normalized spacial score (nSPS) is 13.1. The molecule has 1 aliphatic rings. The van der Waals surface area contributed by atoms with Gasteiger partial charge in [-0.3, -0.25) is 14.5 Å². The van der Waals surface area contributed by atoms with Gasteiger partial charge in [-0.2, -0.15) is 0 Å². The summed E-state index contributed by atoms with van der Waals surface area (Å²) in [5.74, 6) is -0.480. The first-order valence-electron chi connectivity index (χ1n) is 8.88. The highest BCUT2D eigenvalue weighted by Gasteiger charge is 2.35. The van der Waals surface area contributed by atoms with E-state index in [2.05, 4.69) is 0 Å². The van der Waals surface area contributed by atoms with Crippen molar-refractivity contribution in [1.82, 2.24) is 4.90 Å². The number of amides is 2. The standard InChI is InChI=1S/C23H19NO3/c25-22-20-12-6-7-13-21(20)23(26)24(22)14-18-10-4-5-11-19(18)16-27-15-17-8-2-1-3-9-17/h1-13H,14-16H2. The van der Waals surface area contributed by atoms with Gasteiger partial charge in [0.25, 0.3) is 11.8 Å². The second-order valence-corrected chi connectivity index (χ2v) is 6.49. The van der Waals surface area contributed by atoms with Crippen LogP contribution in [0.4, 0.5) is 0 Å². The van der Waals surface area contributed by atoms with Gasteiger partial charge < -0.3 is 4.74 Å². The Balaban J connectivity index is 1.47. The van der Waals surface area contributed by atoms with Crippen molar-refractivity contribution in [3.63, 3.8) is 0 Å². The number of hydrogen-bond donors (Lipinski definition) is 0. The molecule has 0 spiro atoms. The third-order valence-electron chi connectivity index (χ3n) is 4.69. The predicted octanol–water partition coefficient (Wildman–Crippen LogP) is 4.20. The van der Waals surface area contributed by atoms with E-state index in [-0.39, 0.29) is 18.4 Å².